The topological polar surface area (TPSA) is 3.24 Å². The molecule has 0 radical (unpaired) electrons. The molecule has 1 saturated heterocycles. The lowest BCUT2D eigenvalue weighted by atomic mass is 9.73. The predicted octanol–water partition coefficient (Wildman–Crippen LogP) is 6.30. The van der Waals surface area contributed by atoms with Crippen molar-refractivity contribution >= 4 is 11.6 Å². The third-order valence-corrected chi connectivity index (χ3v) is 6.13. The van der Waals surface area contributed by atoms with Crippen molar-refractivity contribution in [1.82, 2.24) is 4.90 Å². The second-order valence-corrected chi connectivity index (χ2v) is 9.31. The normalized spacial score (nSPS) is 20.2. The standard InChI is InChI=1S/C21H34ClN/c1-20(2,13-12-19-7-6-16-23(19)5)14-15-21(3,4)17-8-10-18(22)11-9-17/h8-11,19H,6-7,12-16H2,1-5H3. The zero-order valence-electron chi connectivity index (χ0n) is 15.7. The van der Waals surface area contributed by atoms with Gasteiger partial charge in [-0.3, -0.25) is 0 Å². The Morgan fingerprint density at radius 3 is 2.26 bits per heavy atom. The van der Waals surface area contributed by atoms with Crippen LogP contribution < -0.4 is 0 Å². The average Bonchev–Trinajstić information content (AvgIpc) is 2.89. The molecule has 130 valence electrons. The van der Waals surface area contributed by atoms with E-state index >= 15 is 0 Å². The van der Waals surface area contributed by atoms with Crippen LogP contribution in [0.3, 0.4) is 0 Å². The molecule has 1 aliphatic rings. The van der Waals surface area contributed by atoms with Gasteiger partial charge >= 0.3 is 0 Å². The van der Waals surface area contributed by atoms with Crippen molar-refractivity contribution in [2.75, 3.05) is 13.6 Å². The Bertz CT molecular complexity index is 489. The third kappa shape index (κ3) is 5.50. The Morgan fingerprint density at radius 1 is 1.04 bits per heavy atom. The van der Waals surface area contributed by atoms with E-state index in [1.165, 1.54) is 50.6 Å². The highest BCUT2D eigenvalue weighted by molar-refractivity contribution is 6.30. The zero-order valence-corrected chi connectivity index (χ0v) is 16.4. The first-order chi connectivity index (χ1) is 10.7. The first kappa shape index (κ1) is 18.8. The van der Waals surface area contributed by atoms with Gasteiger partial charge in [0, 0.05) is 11.1 Å². The molecule has 1 aromatic rings. The van der Waals surface area contributed by atoms with Crippen LogP contribution in [-0.4, -0.2) is 24.5 Å². The largest absolute Gasteiger partial charge is 0.303 e. The van der Waals surface area contributed by atoms with Crippen molar-refractivity contribution in [2.24, 2.45) is 5.41 Å². The van der Waals surface area contributed by atoms with Crippen LogP contribution in [0.25, 0.3) is 0 Å². The molecule has 0 aliphatic carbocycles. The maximum Gasteiger partial charge on any atom is 0.0406 e. The summed E-state index contributed by atoms with van der Waals surface area (Å²) >= 11 is 6.02. The Labute approximate surface area is 148 Å². The van der Waals surface area contributed by atoms with E-state index in [4.69, 9.17) is 11.6 Å². The van der Waals surface area contributed by atoms with Gasteiger partial charge in [0.05, 0.1) is 0 Å². The average molecular weight is 336 g/mol. The van der Waals surface area contributed by atoms with Crippen molar-refractivity contribution in [3.63, 3.8) is 0 Å². The van der Waals surface area contributed by atoms with E-state index in [0.29, 0.717) is 5.41 Å². The van der Waals surface area contributed by atoms with Crippen molar-refractivity contribution in [3.8, 4) is 0 Å². The quantitative estimate of drug-likeness (QED) is 0.565. The smallest absolute Gasteiger partial charge is 0.0406 e. The van der Waals surface area contributed by atoms with E-state index < -0.39 is 0 Å². The monoisotopic (exact) mass is 335 g/mol. The van der Waals surface area contributed by atoms with Crippen LogP contribution in [-0.2, 0) is 5.41 Å². The van der Waals surface area contributed by atoms with E-state index in [0.717, 1.165) is 11.1 Å². The number of likely N-dealkylation sites (tertiary alicyclic amines) is 1. The summed E-state index contributed by atoms with van der Waals surface area (Å²) in [7, 11) is 2.29. The number of nitrogens with zero attached hydrogens (tertiary/aromatic N) is 1. The van der Waals surface area contributed by atoms with E-state index in [1.54, 1.807) is 0 Å². The Balaban J connectivity index is 1.85. The van der Waals surface area contributed by atoms with Crippen LogP contribution in [0.1, 0.15) is 71.8 Å². The molecule has 1 heterocycles. The lowest BCUT2D eigenvalue weighted by molar-refractivity contribution is 0.218. The lowest BCUT2D eigenvalue weighted by Crippen LogP contribution is -2.27. The maximum absolute atomic E-state index is 6.02. The Kier molecular flexibility index (Phi) is 6.19. The summed E-state index contributed by atoms with van der Waals surface area (Å²) < 4.78 is 0. The number of hydrogen-bond donors (Lipinski definition) is 0. The molecular weight excluding hydrogens is 302 g/mol. The second-order valence-electron chi connectivity index (χ2n) is 8.87. The lowest BCUT2D eigenvalue weighted by Gasteiger charge is -2.33. The summed E-state index contributed by atoms with van der Waals surface area (Å²) in [5.41, 5.74) is 2.03. The molecule has 2 rings (SSSR count). The summed E-state index contributed by atoms with van der Waals surface area (Å²) in [5, 5.41) is 0.825. The summed E-state index contributed by atoms with van der Waals surface area (Å²) in [5.74, 6) is 0. The van der Waals surface area contributed by atoms with Gasteiger partial charge in [-0.25, -0.2) is 0 Å². The summed E-state index contributed by atoms with van der Waals surface area (Å²) in [6.45, 7) is 10.9. The molecule has 0 spiro atoms. The van der Waals surface area contributed by atoms with Crippen LogP contribution in [0.2, 0.25) is 5.02 Å². The highest BCUT2D eigenvalue weighted by Crippen LogP contribution is 2.37. The first-order valence-electron chi connectivity index (χ1n) is 9.16. The minimum absolute atomic E-state index is 0.214. The van der Waals surface area contributed by atoms with Crippen LogP contribution in [0.4, 0.5) is 0 Å². The fourth-order valence-corrected chi connectivity index (χ4v) is 3.85. The molecule has 23 heavy (non-hydrogen) atoms. The van der Waals surface area contributed by atoms with Gasteiger partial charge in [-0.1, -0.05) is 51.4 Å². The van der Waals surface area contributed by atoms with Gasteiger partial charge in [-0.15, -0.1) is 0 Å². The number of hydrogen-bond acceptors (Lipinski definition) is 1. The highest BCUT2D eigenvalue weighted by Gasteiger charge is 2.28. The van der Waals surface area contributed by atoms with Crippen LogP contribution >= 0.6 is 11.6 Å². The number of halogens is 1. The fraction of sp³-hybridized carbons (Fsp3) is 0.714. The van der Waals surface area contributed by atoms with Gasteiger partial charge in [0.1, 0.15) is 0 Å². The summed E-state index contributed by atoms with van der Waals surface area (Å²) in [4.78, 5) is 2.55. The number of benzene rings is 1. The van der Waals surface area contributed by atoms with Crippen LogP contribution in [0.15, 0.2) is 24.3 Å². The van der Waals surface area contributed by atoms with Crippen molar-refractivity contribution in [1.29, 1.82) is 0 Å². The minimum atomic E-state index is 0.214. The molecule has 1 fully saturated rings. The molecule has 0 saturated carbocycles. The van der Waals surface area contributed by atoms with E-state index in [1.807, 2.05) is 12.1 Å². The molecule has 0 bridgehead atoms. The van der Waals surface area contributed by atoms with Crippen LogP contribution in [0.5, 0.6) is 0 Å². The highest BCUT2D eigenvalue weighted by atomic mass is 35.5. The predicted molar refractivity (Wildman–Crippen MR) is 102 cm³/mol. The maximum atomic E-state index is 6.02. The fourth-order valence-electron chi connectivity index (χ4n) is 3.72. The first-order valence-corrected chi connectivity index (χ1v) is 9.54. The molecule has 1 aliphatic heterocycles. The van der Waals surface area contributed by atoms with Gasteiger partial charge in [0.15, 0.2) is 0 Å². The number of rotatable bonds is 7. The molecule has 1 atom stereocenters. The van der Waals surface area contributed by atoms with Crippen molar-refractivity contribution < 1.29 is 0 Å². The summed E-state index contributed by atoms with van der Waals surface area (Å²) in [6.07, 6.45) is 7.96. The van der Waals surface area contributed by atoms with Gasteiger partial charge in [0.2, 0.25) is 0 Å². The molecule has 2 heteroatoms. The molecule has 1 unspecified atom stereocenters. The summed E-state index contributed by atoms with van der Waals surface area (Å²) in [6, 6.07) is 9.21. The van der Waals surface area contributed by atoms with E-state index in [9.17, 15) is 0 Å². The van der Waals surface area contributed by atoms with Crippen LogP contribution in [0, 0.1) is 5.41 Å². The van der Waals surface area contributed by atoms with Gasteiger partial charge in [0.25, 0.3) is 0 Å². The molecule has 1 aromatic carbocycles. The Morgan fingerprint density at radius 2 is 1.70 bits per heavy atom. The third-order valence-electron chi connectivity index (χ3n) is 5.88. The van der Waals surface area contributed by atoms with Crippen molar-refractivity contribution in [2.45, 2.75) is 77.7 Å². The zero-order chi connectivity index (χ0) is 17.1. The van der Waals surface area contributed by atoms with E-state index in [-0.39, 0.29) is 5.41 Å². The van der Waals surface area contributed by atoms with Gasteiger partial charge in [-0.2, -0.15) is 0 Å². The van der Waals surface area contributed by atoms with Gasteiger partial charge < -0.3 is 4.90 Å². The minimum Gasteiger partial charge on any atom is -0.303 e. The van der Waals surface area contributed by atoms with E-state index in [2.05, 4.69) is 51.8 Å². The van der Waals surface area contributed by atoms with Gasteiger partial charge in [-0.05, 0) is 80.6 Å². The Hall–Kier alpha value is -0.530. The molecule has 0 amide bonds. The molecular formula is C21H34ClN. The molecule has 0 aromatic heterocycles. The van der Waals surface area contributed by atoms with Crippen molar-refractivity contribution in [3.05, 3.63) is 34.9 Å². The SMILES string of the molecule is CN1CCCC1CCC(C)(C)CCC(C)(C)c1ccc(Cl)cc1. The molecule has 1 nitrogen and oxygen atoms in total. The molecule has 0 N–H and O–H groups in total. The second kappa shape index (κ2) is 7.57.